The molecule has 0 aliphatic carbocycles. The van der Waals surface area contributed by atoms with E-state index < -0.39 is 9.84 Å². The van der Waals surface area contributed by atoms with Crippen molar-refractivity contribution >= 4 is 9.84 Å². The van der Waals surface area contributed by atoms with Crippen molar-refractivity contribution in [3.05, 3.63) is 24.3 Å². The maximum absolute atomic E-state index is 12.1. The smallest absolute Gasteiger partial charge is 0.179 e. The van der Waals surface area contributed by atoms with Crippen LogP contribution in [0.4, 0.5) is 0 Å². The van der Waals surface area contributed by atoms with Gasteiger partial charge in [0.2, 0.25) is 0 Å². The van der Waals surface area contributed by atoms with Gasteiger partial charge in [0.15, 0.2) is 9.84 Å². The average Bonchev–Trinajstić information content (AvgIpc) is 2.27. The molecule has 0 unspecified atom stereocenters. The first-order valence-electron chi connectivity index (χ1n) is 5.86. The Hall–Kier alpha value is -1.07. The highest BCUT2D eigenvalue weighted by Gasteiger charge is 2.16. The molecule has 1 aromatic carbocycles. The number of rotatable bonds is 5. The Balaban J connectivity index is 2.74. The lowest BCUT2D eigenvalue weighted by molar-refractivity contribution is 0.413. The fourth-order valence-electron chi connectivity index (χ4n) is 1.47. The summed E-state index contributed by atoms with van der Waals surface area (Å²) in [5.41, 5.74) is -0.0795. The molecule has 0 saturated heterocycles. The van der Waals surface area contributed by atoms with Crippen LogP contribution in [0.3, 0.4) is 0 Å². The second-order valence-electron chi connectivity index (χ2n) is 5.17. The minimum atomic E-state index is -3.26. The fraction of sp³-hybridized carbons (Fsp3) is 0.538. The van der Waals surface area contributed by atoms with Crippen molar-refractivity contribution < 1.29 is 13.2 Å². The molecule has 0 heterocycles. The van der Waals surface area contributed by atoms with E-state index in [2.05, 4.69) is 5.32 Å². The molecule has 1 rings (SSSR count). The van der Waals surface area contributed by atoms with Gasteiger partial charge in [0.05, 0.1) is 17.8 Å². The number of hydrogen-bond donors (Lipinski definition) is 1. The van der Waals surface area contributed by atoms with Crippen molar-refractivity contribution in [1.82, 2.24) is 5.32 Å². The zero-order valence-corrected chi connectivity index (χ0v) is 12.2. The molecule has 0 saturated carbocycles. The summed E-state index contributed by atoms with van der Waals surface area (Å²) in [7, 11) is -1.74. The quantitative estimate of drug-likeness (QED) is 0.888. The predicted octanol–water partition coefficient (Wildman–Crippen LogP) is 1.86. The monoisotopic (exact) mass is 271 g/mol. The Labute approximate surface area is 109 Å². The normalized spacial score (nSPS) is 12.4. The molecule has 0 fully saturated rings. The molecule has 0 aliphatic heterocycles. The molecule has 0 amide bonds. The standard InChI is InChI=1S/C13H21NO3S/c1-13(2,3)14-8-9-18(15,16)12-7-5-6-11(10-12)17-4/h5-7,10,14H,8-9H2,1-4H3. The van der Waals surface area contributed by atoms with E-state index in [0.29, 0.717) is 17.2 Å². The highest BCUT2D eigenvalue weighted by Crippen LogP contribution is 2.18. The van der Waals surface area contributed by atoms with Crippen molar-refractivity contribution in [2.75, 3.05) is 19.4 Å². The SMILES string of the molecule is COc1cccc(S(=O)(=O)CCNC(C)(C)C)c1. The van der Waals surface area contributed by atoms with Crippen molar-refractivity contribution in [3.8, 4) is 5.75 Å². The Morgan fingerprint density at radius 2 is 1.94 bits per heavy atom. The van der Waals surface area contributed by atoms with Crippen LogP contribution in [0.25, 0.3) is 0 Å². The van der Waals surface area contributed by atoms with Crippen LogP contribution in [0, 0.1) is 0 Å². The lowest BCUT2D eigenvalue weighted by Crippen LogP contribution is -2.38. The molecule has 0 atom stereocenters. The van der Waals surface area contributed by atoms with Crippen LogP contribution in [0.2, 0.25) is 0 Å². The first-order valence-corrected chi connectivity index (χ1v) is 7.52. The molecule has 102 valence electrons. The molecule has 0 aromatic heterocycles. The largest absolute Gasteiger partial charge is 0.497 e. The minimum absolute atomic E-state index is 0.0795. The van der Waals surface area contributed by atoms with Crippen LogP contribution in [-0.4, -0.2) is 33.4 Å². The molecule has 1 aromatic rings. The highest BCUT2D eigenvalue weighted by atomic mass is 32.2. The zero-order chi connectivity index (χ0) is 13.8. The molecule has 0 spiro atoms. The van der Waals surface area contributed by atoms with Crippen molar-refractivity contribution in [2.45, 2.75) is 31.2 Å². The molecule has 4 nitrogen and oxygen atoms in total. The number of ether oxygens (including phenoxy) is 1. The van der Waals surface area contributed by atoms with Gasteiger partial charge in [-0.15, -0.1) is 0 Å². The Kier molecular flexibility index (Phi) is 4.76. The van der Waals surface area contributed by atoms with Gasteiger partial charge in [0.25, 0.3) is 0 Å². The second kappa shape index (κ2) is 5.71. The molecular weight excluding hydrogens is 250 g/mol. The van der Waals surface area contributed by atoms with Gasteiger partial charge in [-0.2, -0.15) is 0 Å². The topological polar surface area (TPSA) is 55.4 Å². The minimum Gasteiger partial charge on any atom is -0.497 e. The molecule has 0 bridgehead atoms. The first-order chi connectivity index (χ1) is 8.24. The average molecular weight is 271 g/mol. The summed E-state index contributed by atoms with van der Waals surface area (Å²) in [5.74, 6) is 0.636. The lowest BCUT2D eigenvalue weighted by Gasteiger charge is -2.20. The van der Waals surface area contributed by atoms with Gasteiger partial charge < -0.3 is 10.1 Å². The maximum Gasteiger partial charge on any atom is 0.179 e. The van der Waals surface area contributed by atoms with E-state index in [1.165, 1.54) is 7.11 Å². The summed E-state index contributed by atoms with van der Waals surface area (Å²) in [4.78, 5) is 0.303. The third-order valence-corrected chi connectivity index (χ3v) is 4.14. The van der Waals surface area contributed by atoms with E-state index >= 15 is 0 Å². The molecule has 1 N–H and O–H groups in total. The van der Waals surface area contributed by atoms with E-state index in [0.717, 1.165) is 0 Å². The summed E-state index contributed by atoms with van der Waals surface area (Å²) in [6.45, 7) is 6.45. The number of methoxy groups -OCH3 is 1. The maximum atomic E-state index is 12.1. The molecular formula is C13H21NO3S. The van der Waals surface area contributed by atoms with Crippen molar-refractivity contribution in [3.63, 3.8) is 0 Å². The summed E-state index contributed by atoms with van der Waals surface area (Å²) in [6, 6.07) is 6.55. The first kappa shape index (κ1) is 15.0. The number of sulfone groups is 1. The van der Waals surface area contributed by atoms with Crippen LogP contribution < -0.4 is 10.1 Å². The summed E-state index contributed by atoms with van der Waals surface area (Å²) in [6.07, 6.45) is 0. The van der Waals surface area contributed by atoms with E-state index in [4.69, 9.17) is 4.74 Å². The van der Waals surface area contributed by atoms with Crippen LogP contribution >= 0.6 is 0 Å². The summed E-state index contributed by atoms with van der Waals surface area (Å²) < 4.78 is 29.2. The molecule has 0 aliphatic rings. The Morgan fingerprint density at radius 3 is 2.50 bits per heavy atom. The number of hydrogen-bond acceptors (Lipinski definition) is 4. The van der Waals surface area contributed by atoms with Gasteiger partial charge in [-0.1, -0.05) is 6.07 Å². The lowest BCUT2D eigenvalue weighted by atomic mass is 10.1. The number of benzene rings is 1. The van der Waals surface area contributed by atoms with E-state index in [1.807, 2.05) is 20.8 Å². The third-order valence-electron chi connectivity index (χ3n) is 2.43. The van der Waals surface area contributed by atoms with Crippen LogP contribution in [0.1, 0.15) is 20.8 Å². The fourth-order valence-corrected chi connectivity index (χ4v) is 2.66. The van der Waals surface area contributed by atoms with Crippen LogP contribution in [-0.2, 0) is 9.84 Å². The van der Waals surface area contributed by atoms with E-state index in [9.17, 15) is 8.42 Å². The van der Waals surface area contributed by atoms with Crippen molar-refractivity contribution in [1.29, 1.82) is 0 Å². The number of nitrogens with one attached hydrogen (secondary N) is 1. The highest BCUT2D eigenvalue weighted by molar-refractivity contribution is 7.91. The van der Waals surface area contributed by atoms with Gasteiger partial charge in [0, 0.05) is 12.1 Å². The van der Waals surface area contributed by atoms with Crippen LogP contribution in [0.15, 0.2) is 29.2 Å². The van der Waals surface area contributed by atoms with Gasteiger partial charge >= 0.3 is 0 Å². The van der Waals surface area contributed by atoms with E-state index in [1.54, 1.807) is 24.3 Å². The summed E-state index contributed by atoms with van der Waals surface area (Å²) >= 11 is 0. The zero-order valence-electron chi connectivity index (χ0n) is 11.4. The van der Waals surface area contributed by atoms with Crippen molar-refractivity contribution in [2.24, 2.45) is 0 Å². The van der Waals surface area contributed by atoms with Crippen LogP contribution in [0.5, 0.6) is 5.75 Å². The van der Waals surface area contributed by atoms with E-state index in [-0.39, 0.29) is 11.3 Å². The predicted molar refractivity (Wildman–Crippen MR) is 72.8 cm³/mol. The molecule has 0 radical (unpaired) electrons. The Morgan fingerprint density at radius 1 is 1.28 bits per heavy atom. The van der Waals surface area contributed by atoms with Gasteiger partial charge in [-0.3, -0.25) is 0 Å². The van der Waals surface area contributed by atoms with Gasteiger partial charge in [-0.05, 0) is 39.0 Å². The summed E-state index contributed by atoms with van der Waals surface area (Å²) in [5, 5.41) is 3.17. The molecule has 18 heavy (non-hydrogen) atoms. The molecule has 5 heteroatoms. The van der Waals surface area contributed by atoms with Gasteiger partial charge in [0.1, 0.15) is 5.75 Å². The van der Waals surface area contributed by atoms with Gasteiger partial charge in [-0.25, -0.2) is 8.42 Å². The Bertz CT molecular complexity index is 489. The third kappa shape index (κ3) is 4.66. The second-order valence-corrected chi connectivity index (χ2v) is 7.28.